The van der Waals surface area contributed by atoms with Gasteiger partial charge in [0.15, 0.2) is 0 Å². The molecule has 19 heavy (non-hydrogen) atoms. The van der Waals surface area contributed by atoms with E-state index in [1.807, 2.05) is 0 Å². The van der Waals surface area contributed by atoms with E-state index in [1.54, 1.807) is 24.2 Å². The van der Waals surface area contributed by atoms with Gasteiger partial charge in [0.05, 0.1) is 31.0 Å². The molecule has 0 bridgehead atoms. The van der Waals surface area contributed by atoms with Crippen LogP contribution in [-0.2, 0) is 16.1 Å². The number of anilines is 1. The maximum absolute atomic E-state index is 12.0. The topological polar surface area (TPSA) is 82.2 Å². The molecule has 0 aliphatic rings. The lowest BCUT2D eigenvalue weighted by molar-refractivity contribution is -0.120. The molecule has 0 radical (unpaired) electrons. The monoisotopic (exact) mass is 268 g/mol. The maximum Gasteiger partial charge on any atom is 0.228 e. The molecule has 3 N–H and O–H groups in total. The minimum Gasteiger partial charge on any atom is -0.383 e. The van der Waals surface area contributed by atoms with Crippen LogP contribution in [0.2, 0.25) is 0 Å². The number of rotatable bonds is 8. The van der Waals surface area contributed by atoms with Crippen molar-refractivity contribution in [3.8, 4) is 0 Å². The molecule has 6 nitrogen and oxygen atoms in total. The Balaban J connectivity index is 2.52. The van der Waals surface area contributed by atoms with Gasteiger partial charge in [0.2, 0.25) is 5.91 Å². The molecule has 1 atom stereocenters. The summed E-state index contributed by atoms with van der Waals surface area (Å²) < 4.78 is 6.71. The summed E-state index contributed by atoms with van der Waals surface area (Å²) in [6, 6.07) is 0. The molecule has 0 fully saturated rings. The van der Waals surface area contributed by atoms with Crippen LogP contribution in [0.15, 0.2) is 12.4 Å². The number of carbonyl (C=O) groups is 1. The minimum absolute atomic E-state index is 0.0394. The van der Waals surface area contributed by atoms with Crippen molar-refractivity contribution in [2.24, 2.45) is 17.6 Å². The molecule has 0 aliphatic heterocycles. The number of nitrogens with zero attached hydrogens (tertiary/aromatic N) is 2. The first-order valence-corrected chi connectivity index (χ1v) is 6.59. The van der Waals surface area contributed by atoms with Gasteiger partial charge in [-0.1, -0.05) is 13.8 Å². The Kier molecular flexibility index (Phi) is 6.52. The Bertz CT molecular complexity index is 390. The number of aromatic nitrogens is 2. The van der Waals surface area contributed by atoms with E-state index in [0.717, 1.165) is 6.42 Å². The first kappa shape index (κ1) is 15.7. The van der Waals surface area contributed by atoms with Crippen LogP contribution in [0.4, 0.5) is 5.69 Å². The van der Waals surface area contributed by atoms with E-state index in [1.165, 1.54) is 0 Å². The molecule has 108 valence electrons. The van der Waals surface area contributed by atoms with Crippen molar-refractivity contribution >= 4 is 11.6 Å². The van der Waals surface area contributed by atoms with E-state index >= 15 is 0 Å². The number of nitrogens with one attached hydrogen (secondary N) is 1. The molecule has 6 heteroatoms. The third-order valence-electron chi connectivity index (χ3n) is 2.84. The van der Waals surface area contributed by atoms with Gasteiger partial charge in [-0.2, -0.15) is 5.10 Å². The molecule has 0 aromatic carbocycles. The fourth-order valence-electron chi connectivity index (χ4n) is 1.86. The van der Waals surface area contributed by atoms with Crippen molar-refractivity contribution in [1.82, 2.24) is 9.78 Å². The second-order valence-corrected chi connectivity index (χ2v) is 5.04. The first-order valence-electron chi connectivity index (χ1n) is 6.59. The van der Waals surface area contributed by atoms with Crippen LogP contribution in [0.25, 0.3) is 0 Å². The number of nitrogens with two attached hydrogens (primary N) is 1. The van der Waals surface area contributed by atoms with Crippen LogP contribution in [0.1, 0.15) is 20.3 Å². The largest absolute Gasteiger partial charge is 0.383 e. The lowest BCUT2D eigenvalue weighted by Gasteiger charge is -2.15. The van der Waals surface area contributed by atoms with Crippen molar-refractivity contribution in [2.75, 3.05) is 25.6 Å². The summed E-state index contributed by atoms with van der Waals surface area (Å²) in [4.78, 5) is 12.0. The van der Waals surface area contributed by atoms with E-state index in [2.05, 4.69) is 24.3 Å². The summed E-state index contributed by atoms with van der Waals surface area (Å²) in [5.41, 5.74) is 6.35. The molecule has 1 unspecified atom stereocenters. The second kappa shape index (κ2) is 7.91. The number of methoxy groups -OCH3 is 1. The number of amides is 1. The normalized spacial score (nSPS) is 12.7. The van der Waals surface area contributed by atoms with Gasteiger partial charge in [0.1, 0.15) is 0 Å². The minimum atomic E-state index is -0.151. The van der Waals surface area contributed by atoms with Crippen LogP contribution in [0.5, 0.6) is 0 Å². The highest BCUT2D eigenvalue weighted by Gasteiger charge is 2.18. The summed E-state index contributed by atoms with van der Waals surface area (Å²) >= 11 is 0. The Morgan fingerprint density at radius 1 is 1.58 bits per heavy atom. The zero-order valence-electron chi connectivity index (χ0n) is 11.9. The van der Waals surface area contributed by atoms with Crippen molar-refractivity contribution in [3.05, 3.63) is 12.4 Å². The highest BCUT2D eigenvalue weighted by Crippen LogP contribution is 2.14. The third-order valence-corrected chi connectivity index (χ3v) is 2.84. The molecule has 0 aliphatic carbocycles. The average Bonchev–Trinajstić information content (AvgIpc) is 2.80. The predicted octanol–water partition coefficient (Wildman–Crippen LogP) is 1.09. The molecule has 0 spiro atoms. The molecule has 0 saturated heterocycles. The van der Waals surface area contributed by atoms with Crippen LogP contribution < -0.4 is 11.1 Å². The van der Waals surface area contributed by atoms with E-state index in [9.17, 15) is 4.79 Å². The van der Waals surface area contributed by atoms with Crippen LogP contribution >= 0.6 is 0 Å². The Labute approximate surface area is 114 Å². The molecular weight excluding hydrogens is 244 g/mol. The van der Waals surface area contributed by atoms with Crippen LogP contribution in [-0.4, -0.2) is 35.9 Å². The Morgan fingerprint density at radius 2 is 2.32 bits per heavy atom. The number of carbonyl (C=O) groups excluding carboxylic acids is 1. The smallest absolute Gasteiger partial charge is 0.228 e. The van der Waals surface area contributed by atoms with Gasteiger partial charge < -0.3 is 15.8 Å². The summed E-state index contributed by atoms with van der Waals surface area (Å²) in [6.45, 7) is 5.78. The lowest BCUT2D eigenvalue weighted by Crippen LogP contribution is -2.30. The van der Waals surface area contributed by atoms with Crippen LogP contribution in [0, 0.1) is 11.8 Å². The van der Waals surface area contributed by atoms with E-state index in [0.29, 0.717) is 31.3 Å². The first-order chi connectivity index (χ1) is 9.06. The highest BCUT2D eigenvalue weighted by atomic mass is 16.5. The molecule has 1 aromatic rings. The summed E-state index contributed by atoms with van der Waals surface area (Å²) in [5.74, 6) is 0.258. The molecule has 1 amide bonds. The van der Waals surface area contributed by atoms with E-state index < -0.39 is 0 Å². The summed E-state index contributed by atoms with van der Waals surface area (Å²) in [5, 5.41) is 7.00. The Morgan fingerprint density at radius 3 is 2.89 bits per heavy atom. The van der Waals surface area contributed by atoms with E-state index in [4.69, 9.17) is 10.5 Å². The molecule has 1 heterocycles. The van der Waals surface area contributed by atoms with Crippen molar-refractivity contribution in [2.45, 2.75) is 26.8 Å². The van der Waals surface area contributed by atoms with Crippen LogP contribution in [0.3, 0.4) is 0 Å². The average molecular weight is 268 g/mol. The number of hydrogen-bond donors (Lipinski definition) is 2. The van der Waals surface area contributed by atoms with Gasteiger partial charge in [-0.3, -0.25) is 9.48 Å². The molecule has 1 rings (SSSR count). The van der Waals surface area contributed by atoms with E-state index in [-0.39, 0.29) is 11.8 Å². The quantitative estimate of drug-likeness (QED) is 0.739. The SMILES string of the molecule is COCCn1cc(NC(=O)C(CN)CC(C)C)cn1. The third kappa shape index (κ3) is 5.40. The zero-order valence-corrected chi connectivity index (χ0v) is 11.9. The van der Waals surface area contributed by atoms with Gasteiger partial charge >= 0.3 is 0 Å². The van der Waals surface area contributed by atoms with Crippen molar-refractivity contribution < 1.29 is 9.53 Å². The number of ether oxygens (including phenoxy) is 1. The van der Waals surface area contributed by atoms with Crippen molar-refractivity contribution in [1.29, 1.82) is 0 Å². The fourth-order valence-corrected chi connectivity index (χ4v) is 1.86. The van der Waals surface area contributed by atoms with Gasteiger partial charge in [-0.15, -0.1) is 0 Å². The molecule has 0 saturated carbocycles. The van der Waals surface area contributed by atoms with Crippen molar-refractivity contribution in [3.63, 3.8) is 0 Å². The van der Waals surface area contributed by atoms with Gasteiger partial charge in [0, 0.05) is 19.9 Å². The maximum atomic E-state index is 12.0. The molecular formula is C13H24N4O2. The number of hydrogen-bond acceptors (Lipinski definition) is 4. The summed E-state index contributed by atoms with van der Waals surface area (Å²) in [6.07, 6.45) is 4.22. The molecule has 1 aromatic heterocycles. The Hall–Kier alpha value is -1.40. The highest BCUT2D eigenvalue weighted by molar-refractivity contribution is 5.92. The predicted molar refractivity (Wildman–Crippen MR) is 74.7 cm³/mol. The van der Waals surface area contributed by atoms with Gasteiger partial charge in [-0.25, -0.2) is 0 Å². The van der Waals surface area contributed by atoms with Gasteiger partial charge in [-0.05, 0) is 12.3 Å². The lowest BCUT2D eigenvalue weighted by atomic mass is 9.96. The van der Waals surface area contributed by atoms with Gasteiger partial charge in [0.25, 0.3) is 0 Å². The standard InChI is InChI=1S/C13H24N4O2/c1-10(2)6-11(7-14)13(18)16-12-8-15-17(9-12)4-5-19-3/h8-11H,4-7,14H2,1-3H3,(H,16,18). The summed E-state index contributed by atoms with van der Waals surface area (Å²) in [7, 11) is 1.64. The zero-order chi connectivity index (χ0) is 14.3. The fraction of sp³-hybridized carbons (Fsp3) is 0.692. The second-order valence-electron chi connectivity index (χ2n) is 5.04.